The van der Waals surface area contributed by atoms with E-state index in [1.54, 1.807) is 18.2 Å². The van der Waals surface area contributed by atoms with Crippen LogP contribution in [0.15, 0.2) is 52.2 Å². The summed E-state index contributed by atoms with van der Waals surface area (Å²) in [6.07, 6.45) is 1.25. The molecule has 0 saturated heterocycles. The molecule has 0 fully saturated rings. The molecular formula is C15H16N2O5. The Kier molecular flexibility index (Phi) is 5.03. The van der Waals surface area contributed by atoms with E-state index in [1.165, 1.54) is 18.3 Å². The van der Waals surface area contributed by atoms with Gasteiger partial charge in [0.05, 0.1) is 0 Å². The number of aliphatic hydroxyl groups is 2. The molecule has 0 atom stereocenters. The highest BCUT2D eigenvalue weighted by atomic mass is 16.3. The van der Waals surface area contributed by atoms with E-state index in [2.05, 4.69) is 0 Å². The van der Waals surface area contributed by atoms with Crippen LogP contribution in [0.5, 0.6) is 0 Å². The van der Waals surface area contributed by atoms with Crippen molar-refractivity contribution in [2.75, 3.05) is 13.2 Å². The van der Waals surface area contributed by atoms with Gasteiger partial charge in [0.1, 0.15) is 0 Å². The number of aliphatic hydroxyl groups excluding tert-OH is 2. The first-order chi connectivity index (χ1) is 10.6. The zero-order valence-electron chi connectivity index (χ0n) is 11.8. The van der Waals surface area contributed by atoms with E-state index in [-0.39, 0.29) is 25.3 Å². The lowest BCUT2D eigenvalue weighted by Gasteiger charge is -2.14. The van der Waals surface area contributed by atoms with Gasteiger partial charge >= 0.3 is 5.69 Å². The molecule has 0 bridgehead atoms. The summed E-state index contributed by atoms with van der Waals surface area (Å²) in [6, 6.07) is 9.11. The predicted octanol–water partition coefficient (Wildman–Crippen LogP) is -0.701. The molecule has 2 rings (SSSR count). The number of benzene rings is 1. The van der Waals surface area contributed by atoms with Crippen molar-refractivity contribution < 1.29 is 15.0 Å². The van der Waals surface area contributed by atoms with Crippen LogP contribution in [0.2, 0.25) is 0 Å². The van der Waals surface area contributed by atoms with Gasteiger partial charge in [-0.25, -0.2) is 4.79 Å². The molecule has 0 aliphatic rings. The van der Waals surface area contributed by atoms with E-state index in [0.717, 1.165) is 10.6 Å². The molecule has 0 amide bonds. The van der Waals surface area contributed by atoms with Gasteiger partial charge in [-0.3, -0.25) is 14.2 Å². The Labute approximate surface area is 125 Å². The van der Waals surface area contributed by atoms with Crippen LogP contribution in [0.1, 0.15) is 10.4 Å². The van der Waals surface area contributed by atoms with Gasteiger partial charge in [0, 0.05) is 43.5 Å². The van der Waals surface area contributed by atoms with Crippen LogP contribution in [-0.2, 0) is 6.54 Å². The third kappa shape index (κ3) is 3.21. The molecule has 1 aromatic carbocycles. The first kappa shape index (κ1) is 15.9. The lowest BCUT2D eigenvalue weighted by molar-refractivity contribution is 0.0946. The maximum absolute atomic E-state index is 12.3. The molecule has 1 aromatic heterocycles. The summed E-state index contributed by atoms with van der Waals surface area (Å²) in [7, 11) is 0. The molecule has 0 aliphatic carbocycles. The number of hydrogen-bond donors (Lipinski definition) is 2. The van der Waals surface area contributed by atoms with Gasteiger partial charge < -0.3 is 10.2 Å². The van der Waals surface area contributed by atoms with Crippen molar-refractivity contribution in [1.82, 2.24) is 9.13 Å². The zero-order valence-corrected chi connectivity index (χ0v) is 11.8. The Morgan fingerprint density at radius 3 is 2.27 bits per heavy atom. The number of rotatable bonds is 5. The molecule has 0 radical (unpaired) electrons. The van der Waals surface area contributed by atoms with Gasteiger partial charge in [-0.1, -0.05) is 18.2 Å². The summed E-state index contributed by atoms with van der Waals surface area (Å²) < 4.78 is 1.67. The van der Waals surface area contributed by atoms with Crippen LogP contribution >= 0.6 is 0 Å². The molecule has 0 aliphatic heterocycles. The summed E-state index contributed by atoms with van der Waals surface area (Å²) in [5, 5.41) is 18.2. The third-order valence-corrected chi connectivity index (χ3v) is 3.25. The molecule has 0 saturated carbocycles. The Balaban J connectivity index is 2.46. The summed E-state index contributed by atoms with van der Waals surface area (Å²) >= 11 is 0. The molecular weight excluding hydrogens is 288 g/mol. The third-order valence-electron chi connectivity index (χ3n) is 3.25. The van der Waals surface area contributed by atoms with Crippen LogP contribution in [0, 0.1) is 5.92 Å². The van der Waals surface area contributed by atoms with Crippen LogP contribution in [-0.4, -0.2) is 38.5 Å². The van der Waals surface area contributed by atoms with E-state index < -0.39 is 23.1 Å². The SMILES string of the molecule is O=C(c1ccccc1)n1c(=O)ccn(CC(CO)CO)c1=O. The summed E-state index contributed by atoms with van der Waals surface area (Å²) in [6.45, 7) is -0.614. The average molecular weight is 304 g/mol. The Morgan fingerprint density at radius 1 is 1.05 bits per heavy atom. The minimum Gasteiger partial charge on any atom is -0.396 e. The molecule has 116 valence electrons. The molecule has 7 nitrogen and oxygen atoms in total. The second-order valence-electron chi connectivity index (χ2n) is 4.83. The van der Waals surface area contributed by atoms with Crippen LogP contribution in [0.25, 0.3) is 0 Å². The van der Waals surface area contributed by atoms with Crippen LogP contribution < -0.4 is 11.2 Å². The van der Waals surface area contributed by atoms with E-state index in [4.69, 9.17) is 10.2 Å². The van der Waals surface area contributed by atoms with Crippen molar-refractivity contribution in [3.63, 3.8) is 0 Å². The summed E-state index contributed by atoms with van der Waals surface area (Å²) in [4.78, 5) is 36.5. The minimum atomic E-state index is -0.798. The number of carbonyl (C=O) groups is 1. The van der Waals surface area contributed by atoms with Crippen LogP contribution in [0.3, 0.4) is 0 Å². The fourth-order valence-corrected chi connectivity index (χ4v) is 2.00. The average Bonchev–Trinajstić information content (AvgIpc) is 2.55. The van der Waals surface area contributed by atoms with Crippen molar-refractivity contribution >= 4 is 5.91 Å². The van der Waals surface area contributed by atoms with Crippen molar-refractivity contribution in [1.29, 1.82) is 0 Å². The van der Waals surface area contributed by atoms with Crippen LogP contribution in [0.4, 0.5) is 0 Å². The molecule has 2 N–H and O–H groups in total. The number of hydrogen-bond acceptors (Lipinski definition) is 5. The largest absolute Gasteiger partial charge is 0.396 e. The van der Waals surface area contributed by atoms with E-state index >= 15 is 0 Å². The molecule has 7 heteroatoms. The lowest BCUT2D eigenvalue weighted by Crippen LogP contribution is -2.44. The standard InChI is InChI=1S/C15H16N2O5/c18-9-11(10-19)8-16-7-6-13(20)17(15(16)22)14(21)12-4-2-1-3-5-12/h1-7,11,18-19H,8-10H2. The monoisotopic (exact) mass is 304 g/mol. The highest BCUT2D eigenvalue weighted by Crippen LogP contribution is 2.00. The topological polar surface area (TPSA) is 102 Å². The second-order valence-corrected chi connectivity index (χ2v) is 4.83. The van der Waals surface area contributed by atoms with Gasteiger partial charge in [0.2, 0.25) is 0 Å². The minimum absolute atomic E-state index is 0.00812. The van der Waals surface area contributed by atoms with Crippen molar-refractivity contribution in [3.8, 4) is 0 Å². The quantitative estimate of drug-likeness (QED) is 0.760. The smallest absolute Gasteiger partial charge is 0.338 e. The van der Waals surface area contributed by atoms with Gasteiger partial charge in [-0.05, 0) is 12.1 Å². The normalized spacial score (nSPS) is 10.9. The van der Waals surface area contributed by atoms with Crippen molar-refractivity contribution in [2.24, 2.45) is 5.92 Å². The molecule has 1 heterocycles. The Morgan fingerprint density at radius 2 is 1.68 bits per heavy atom. The van der Waals surface area contributed by atoms with Crippen molar-refractivity contribution in [3.05, 3.63) is 69.0 Å². The number of aromatic nitrogens is 2. The fourth-order valence-electron chi connectivity index (χ4n) is 2.00. The molecule has 0 spiro atoms. The molecule has 2 aromatic rings. The maximum Gasteiger partial charge on any atom is 0.338 e. The highest BCUT2D eigenvalue weighted by Gasteiger charge is 2.16. The summed E-state index contributed by atoms with van der Waals surface area (Å²) in [5.41, 5.74) is -1.30. The second kappa shape index (κ2) is 6.97. The van der Waals surface area contributed by atoms with E-state index in [0.29, 0.717) is 4.57 Å². The first-order valence-corrected chi connectivity index (χ1v) is 6.72. The zero-order chi connectivity index (χ0) is 16.1. The highest BCUT2D eigenvalue weighted by molar-refractivity contribution is 5.95. The fraction of sp³-hybridized carbons (Fsp3) is 0.267. The summed E-state index contributed by atoms with van der Waals surface area (Å²) in [5.74, 6) is -1.26. The Hall–Kier alpha value is -2.51. The molecule has 22 heavy (non-hydrogen) atoms. The van der Waals surface area contributed by atoms with E-state index in [9.17, 15) is 14.4 Å². The maximum atomic E-state index is 12.3. The predicted molar refractivity (Wildman–Crippen MR) is 78.8 cm³/mol. The van der Waals surface area contributed by atoms with Gasteiger partial charge in [0.25, 0.3) is 11.5 Å². The van der Waals surface area contributed by atoms with Gasteiger partial charge in [0.15, 0.2) is 0 Å². The first-order valence-electron chi connectivity index (χ1n) is 6.72. The Bertz CT molecular complexity index is 759. The lowest BCUT2D eigenvalue weighted by atomic mass is 10.2. The van der Waals surface area contributed by atoms with E-state index in [1.807, 2.05) is 0 Å². The van der Waals surface area contributed by atoms with Gasteiger partial charge in [-0.15, -0.1) is 0 Å². The van der Waals surface area contributed by atoms with Gasteiger partial charge in [-0.2, -0.15) is 4.57 Å². The van der Waals surface area contributed by atoms with Crippen molar-refractivity contribution in [2.45, 2.75) is 6.54 Å². The number of carbonyl (C=O) groups excluding carboxylic acids is 1. The molecule has 0 unspecified atom stereocenters. The number of nitrogens with zero attached hydrogens (tertiary/aromatic N) is 2.